The number of likely N-dealkylation sites (tertiary alicyclic amines) is 1. The van der Waals surface area contributed by atoms with Crippen LogP contribution in [0.5, 0.6) is 0 Å². The van der Waals surface area contributed by atoms with E-state index in [4.69, 9.17) is 0 Å². The van der Waals surface area contributed by atoms with Crippen LogP contribution in [0, 0.1) is 19.8 Å². The number of hydrogen-bond donors (Lipinski definition) is 0. The molecule has 2 heterocycles. The van der Waals surface area contributed by atoms with Gasteiger partial charge in [-0.15, -0.1) is 0 Å². The molecule has 1 aromatic carbocycles. The molecule has 1 unspecified atom stereocenters. The number of aryl methyl sites for hydroxylation is 2. The van der Waals surface area contributed by atoms with E-state index in [1.54, 1.807) is 0 Å². The molecule has 2 aliphatic heterocycles. The molecule has 2 aliphatic rings. The van der Waals surface area contributed by atoms with Crippen molar-refractivity contribution in [3.63, 3.8) is 0 Å². The number of hydrogen-bond acceptors (Lipinski definition) is 3. The van der Waals surface area contributed by atoms with Crippen LogP contribution in [0.4, 0.5) is 0 Å². The molecule has 0 bridgehead atoms. The molecule has 3 rings (SSSR count). The minimum absolute atomic E-state index is 0.216. The Bertz CT molecular complexity index is 540. The van der Waals surface area contributed by atoms with Crippen molar-refractivity contribution >= 4 is 17.7 Å². The van der Waals surface area contributed by atoms with Crippen LogP contribution in [0.25, 0.3) is 0 Å². The zero-order valence-corrected chi connectivity index (χ0v) is 14.5. The van der Waals surface area contributed by atoms with Gasteiger partial charge < -0.3 is 4.90 Å². The van der Waals surface area contributed by atoms with Gasteiger partial charge in [0, 0.05) is 37.7 Å². The molecule has 0 aliphatic carbocycles. The molecule has 1 amide bonds. The van der Waals surface area contributed by atoms with Crippen molar-refractivity contribution in [3.05, 3.63) is 34.9 Å². The standard InChI is InChI=1S/C18H26N2OS/c1-14-3-4-15(2)17(11-14)13-19-6-5-16(12-19)18(21)20-7-9-22-10-8-20/h3-4,11,16H,5-10,12-13H2,1-2H3. The van der Waals surface area contributed by atoms with Crippen molar-refractivity contribution in [1.29, 1.82) is 0 Å². The maximum Gasteiger partial charge on any atom is 0.227 e. The quantitative estimate of drug-likeness (QED) is 0.856. The first-order valence-electron chi connectivity index (χ1n) is 8.28. The molecule has 22 heavy (non-hydrogen) atoms. The van der Waals surface area contributed by atoms with Gasteiger partial charge in [0.05, 0.1) is 5.92 Å². The Hall–Kier alpha value is -1.00. The Kier molecular flexibility index (Phi) is 5.09. The summed E-state index contributed by atoms with van der Waals surface area (Å²) in [5, 5.41) is 0. The van der Waals surface area contributed by atoms with Crippen LogP contribution in [-0.4, -0.2) is 53.4 Å². The summed E-state index contributed by atoms with van der Waals surface area (Å²) in [6, 6.07) is 6.66. The van der Waals surface area contributed by atoms with Gasteiger partial charge in [-0.25, -0.2) is 0 Å². The van der Waals surface area contributed by atoms with Crippen LogP contribution in [-0.2, 0) is 11.3 Å². The molecule has 0 spiro atoms. The van der Waals surface area contributed by atoms with Crippen molar-refractivity contribution in [2.24, 2.45) is 5.92 Å². The van der Waals surface area contributed by atoms with Gasteiger partial charge in [0.1, 0.15) is 0 Å². The topological polar surface area (TPSA) is 23.6 Å². The molecular formula is C18H26N2OS. The summed E-state index contributed by atoms with van der Waals surface area (Å²) >= 11 is 1.96. The maximum absolute atomic E-state index is 12.6. The largest absolute Gasteiger partial charge is 0.341 e. The van der Waals surface area contributed by atoms with Crippen molar-refractivity contribution in [1.82, 2.24) is 9.80 Å². The second-order valence-corrected chi connectivity index (χ2v) is 7.81. The third kappa shape index (κ3) is 3.66. The highest BCUT2D eigenvalue weighted by Crippen LogP contribution is 2.23. The highest BCUT2D eigenvalue weighted by molar-refractivity contribution is 7.99. The summed E-state index contributed by atoms with van der Waals surface area (Å²) in [6.45, 7) is 9.16. The van der Waals surface area contributed by atoms with Crippen LogP contribution in [0.2, 0.25) is 0 Å². The normalized spacial score (nSPS) is 23.0. The third-order valence-corrected chi connectivity index (χ3v) is 5.79. The predicted octanol–water partition coefficient (Wildman–Crippen LogP) is 2.70. The summed E-state index contributed by atoms with van der Waals surface area (Å²) in [4.78, 5) is 17.1. The molecule has 0 N–H and O–H groups in total. The van der Waals surface area contributed by atoms with Crippen LogP contribution < -0.4 is 0 Å². The maximum atomic E-state index is 12.6. The highest BCUT2D eigenvalue weighted by atomic mass is 32.2. The smallest absolute Gasteiger partial charge is 0.227 e. The van der Waals surface area contributed by atoms with Crippen LogP contribution >= 0.6 is 11.8 Å². The van der Waals surface area contributed by atoms with Crippen LogP contribution in [0.15, 0.2) is 18.2 Å². The molecule has 0 radical (unpaired) electrons. The summed E-state index contributed by atoms with van der Waals surface area (Å²) < 4.78 is 0. The van der Waals surface area contributed by atoms with E-state index < -0.39 is 0 Å². The summed E-state index contributed by atoms with van der Waals surface area (Å²) in [5.74, 6) is 2.81. The zero-order chi connectivity index (χ0) is 15.5. The first-order valence-corrected chi connectivity index (χ1v) is 9.44. The lowest BCUT2D eigenvalue weighted by molar-refractivity contribution is -0.134. The fourth-order valence-electron chi connectivity index (χ4n) is 3.43. The monoisotopic (exact) mass is 318 g/mol. The van der Waals surface area contributed by atoms with Gasteiger partial charge in [0.25, 0.3) is 0 Å². The first kappa shape index (κ1) is 15.9. The number of rotatable bonds is 3. The lowest BCUT2D eigenvalue weighted by atomic mass is 10.1. The van der Waals surface area contributed by atoms with Crippen molar-refractivity contribution in [2.75, 3.05) is 37.7 Å². The Balaban J connectivity index is 1.57. The average molecular weight is 318 g/mol. The van der Waals surface area contributed by atoms with Gasteiger partial charge in [-0.3, -0.25) is 9.69 Å². The third-order valence-electron chi connectivity index (χ3n) is 4.84. The molecular weight excluding hydrogens is 292 g/mol. The molecule has 120 valence electrons. The molecule has 4 heteroatoms. The van der Waals surface area contributed by atoms with E-state index in [9.17, 15) is 4.79 Å². The first-order chi connectivity index (χ1) is 10.6. The molecule has 2 saturated heterocycles. The zero-order valence-electron chi connectivity index (χ0n) is 13.7. The number of thioether (sulfide) groups is 1. The minimum Gasteiger partial charge on any atom is -0.341 e. The summed E-state index contributed by atoms with van der Waals surface area (Å²) in [6.07, 6.45) is 1.02. The van der Waals surface area contributed by atoms with E-state index in [1.807, 2.05) is 11.8 Å². The van der Waals surface area contributed by atoms with E-state index in [0.717, 1.165) is 50.7 Å². The molecule has 2 fully saturated rings. The molecule has 0 saturated carbocycles. The molecule has 1 atom stereocenters. The molecule has 0 aromatic heterocycles. The average Bonchev–Trinajstić information content (AvgIpc) is 2.99. The van der Waals surface area contributed by atoms with Crippen LogP contribution in [0.3, 0.4) is 0 Å². The number of carbonyl (C=O) groups is 1. The fourth-order valence-corrected chi connectivity index (χ4v) is 4.33. The number of benzene rings is 1. The van der Waals surface area contributed by atoms with Crippen molar-refractivity contribution in [3.8, 4) is 0 Å². The number of amides is 1. The van der Waals surface area contributed by atoms with Gasteiger partial charge >= 0.3 is 0 Å². The second-order valence-electron chi connectivity index (χ2n) is 6.59. The number of nitrogens with zero attached hydrogens (tertiary/aromatic N) is 2. The van der Waals surface area contributed by atoms with Gasteiger partial charge in [0.2, 0.25) is 5.91 Å². The van der Waals surface area contributed by atoms with E-state index in [-0.39, 0.29) is 5.92 Å². The summed E-state index contributed by atoms with van der Waals surface area (Å²) in [7, 11) is 0. The van der Waals surface area contributed by atoms with E-state index in [2.05, 4.69) is 41.8 Å². The van der Waals surface area contributed by atoms with Gasteiger partial charge in [-0.1, -0.05) is 23.8 Å². The molecule has 1 aromatic rings. The van der Waals surface area contributed by atoms with Crippen molar-refractivity contribution in [2.45, 2.75) is 26.8 Å². The molecule has 3 nitrogen and oxygen atoms in total. The van der Waals surface area contributed by atoms with E-state index in [1.165, 1.54) is 16.7 Å². The fraction of sp³-hybridized carbons (Fsp3) is 0.611. The van der Waals surface area contributed by atoms with Gasteiger partial charge in [-0.05, 0) is 37.9 Å². The minimum atomic E-state index is 0.216. The predicted molar refractivity (Wildman–Crippen MR) is 93.2 cm³/mol. The number of carbonyl (C=O) groups excluding carboxylic acids is 1. The van der Waals surface area contributed by atoms with Crippen LogP contribution in [0.1, 0.15) is 23.1 Å². The lowest BCUT2D eigenvalue weighted by Crippen LogP contribution is -2.42. The Morgan fingerprint density at radius 1 is 1.23 bits per heavy atom. The van der Waals surface area contributed by atoms with E-state index >= 15 is 0 Å². The van der Waals surface area contributed by atoms with Crippen molar-refractivity contribution < 1.29 is 4.79 Å². The summed E-state index contributed by atoms with van der Waals surface area (Å²) in [5.41, 5.74) is 4.08. The van der Waals surface area contributed by atoms with Gasteiger partial charge in [-0.2, -0.15) is 11.8 Å². The Morgan fingerprint density at radius 2 is 2.00 bits per heavy atom. The Labute approximate surface area is 138 Å². The van der Waals surface area contributed by atoms with E-state index in [0.29, 0.717) is 5.91 Å². The lowest BCUT2D eigenvalue weighted by Gasteiger charge is -2.29. The second kappa shape index (κ2) is 7.05. The Morgan fingerprint density at radius 3 is 2.77 bits per heavy atom. The highest BCUT2D eigenvalue weighted by Gasteiger charge is 2.31. The van der Waals surface area contributed by atoms with Gasteiger partial charge in [0.15, 0.2) is 0 Å². The SMILES string of the molecule is Cc1ccc(C)c(CN2CCC(C(=O)N3CCSCC3)C2)c1.